The molecule has 0 spiro atoms. The Morgan fingerprint density at radius 1 is 1.29 bits per heavy atom. The molecular weight excluding hydrogens is 326 g/mol. The lowest BCUT2D eigenvalue weighted by Gasteiger charge is -2.09. The Labute approximate surface area is 144 Å². The largest absolute Gasteiger partial charge is 0.493 e. The summed E-state index contributed by atoms with van der Waals surface area (Å²) in [5.74, 6) is 1.36. The quantitative estimate of drug-likeness (QED) is 0.715. The zero-order chi connectivity index (χ0) is 16.9. The van der Waals surface area contributed by atoms with Crippen molar-refractivity contribution in [2.45, 2.75) is 19.4 Å². The first-order chi connectivity index (χ1) is 11.7. The van der Waals surface area contributed by atoms with Gasteiger partial charge in [-0.15, -0.1) is 11.3 Å². The smallest absolute Gasteiger partial charge is 0.220 e. The van der Waals surface area contributed by atoms with Crippen molar-refractivity contribution in [3.05, 3.63) is 47.2 Å². The Balaban J connectivity index is 1.51. The van der Waals surface area contributed by atoms with Crippen molar-refractivity contribution in [3.63, 3.8) is 0 Å². The van der Waals surface area contributed by atoms with E-state index in [0.717, 1.165) is 16.2 Å². The molecule has 126 valence electrons. The molecule has 1 aromatic carbocycles. The van der Waals surface area contributed by atoms with E-state index in [4.69, 9.17) is 9.47 Å². The van der Waals surface area contributed by atoms with Gasteiger partial charge in [-0.25, -0.2) is 4.98 Å². The topological polar surface area (TPSA) is 64.9 Å². The first kappa shape index (κ1) is 16.3. The van der Waals surface area contributed by atoms with Gasteiger partial charge in [-0.3, -0.25) is 9.20 Å². The molecule has 0 aliphatic heterocycles. The van der Waals surface area contributed by atoms with Gasteiger partial charge in [0.15, 0.2) is 16.5 Å². The standard InChI is InChI=1S/C17H19N3O3S/c1-22-14-5-3-12(9-15(14)23-2)4-6-16(21)18-10-13-11-20-7-8-24-17(20)19-13/h3,5,7-9,11H,4,6,10H2,1-2H3,(H,18,21). The molecule has 0 bridgehead atoms. The van der Waals surface area contributed by atoms with Crippen LogP contribution < -0.4 is 14.8 Å². The molecule has 0 radical (unpaired) electrons. The van der Waals surface area contributed by atoms with Crippen LogP contribution in [0, 0.1) is 0 Å². The lowest BCUT2D eigenvalue weighted by atomic mass is 10.1. The van der Waals surface area contributed by atoms with Crippen molar-refractivity contribution < 1.29 is 14.3 Å². The number of fused-ring (bicyclic) bond motifs is 1. The summed E-state index contributed by atoms with van der Waals surface area (Å²) in [5, 5.41) is 4.89. The number of methoxy groups -OCH3 is 2. The number of carbonyl (C=O) groups excluding carboxylic acids is 1. The van der Waals surface area contributed by atoms with Crippen molar-refractivity contribution in [3.8, 4) is 11.5 Å². The number of ether oxygens (including phenoxy) is 2. The summed E-state index contributed by atoms with van der Waals surface area (Å²) in [4.78, 5) is 17.4. The molecule has 0 saturated heterocycles. The van der Waals surface area contributed by atoms with Crippen molar-refractivity contribution in [1.29, 1.82) is 0 Å². The highest BCUT2D eigenvalue weighted by atomic mass is 32.1. The van der Waals surface area contributed by atoms with Gasteiger partial charge in [-0.05, 0) is 24.1 Å². The predicted octanol–water partition coefficient (Wildman–Crippen LogP) is 2.66. The van der Waals surface area contributed by atoms with Crippen molar-refractivity contribution >= 4 is 22.2 Å². The summed E-state index contributed by atoms with van der Waals surface area (Å²) in [5.41, 5.74) is 1.90. The van der Waals surface area contributed by atoms with Crippen LogP contribution in [0.1, 0.15) is 17.7 Å². The second-order valence-corrected chi connectivity index (χ2v) is 6.16. The fraction of sp³-hybridized carbons (Fsp3) is 0.294. The second kappa shape index (κ2) is 7.35. The van der Waals surface area contributed by atoms with E-state index >= 15 is 0 Å². The molecule has 0 atom stereocenters. The molecule has 0 saturated carbocycles. The molecule has 0 aliphatic carbocycles. The Morgan fingerprint density at radius 2 is 2.12 bits per heavy atom. The number of hydrogen-bond acceptors (Lipinski definition) is 5. The highest BCUT2D eigenvalue weighted by molar-refractivity contribution is 7.15. The fourth-order valence-corrected chi connectivity index (χ4v) is 3.15. The zero-order valence-electron chi connectivity index (χ0n) is 13.6. The predicted molar refractivity (Wildman–Crippen MR) is 92.8 cm³/mol. The van der Waals surface area contributed by atoms with Gasteiger partial charge in [0, 0.05) is 24.2 Å². The Hall–Kier alpha value is -2.54. The number of benzene rings is 1. The average molecular weight is 345 g/mol. The van der Waals surface area contributed by atoms with Crippen LogP contribution in [0.3, 0.4) is 0 Å². The third-order valence-electron chi connectivity index (χ3n) is 3.70. The summed E-state index contributed by atoms with van der Waals surface area (Å²) in [7, 11) is 3.20. The van der Waals surface area contributed by atoms with E-state index in [1.165, 1.54) is 0 Å². The van der Waals surface area contributed by atoms with E-state index in [-0.39, 0.29) is 5.91 Å². The molecule has 1 amide bonds. The molecule has 0 fully saturated rings. The molecule has 6 nitrogen and oxygen atoms in total. The summed E-state index contributed by atoms with van der Waals surface area (Å²) in [6, 6.07) is 5.69. The second-order valence-electron chi connectivity index (χ2n) is 5.29. The van der Waals surface area contributed by atoms with Crippen LogP contribution in [0.2, 0.25) is 0 Å². The minimum atomic E-state index is 0.00106. The molecule has 24 heavy (non-hydrogen) atoms. The Kier molecular flexibility index (Phi) is 5.00. The third-order valence-corrected chi connectivity index (χ3v) is 4.47. The number of imidazole rings is 1. The number of aromatic nitrogens is 2. The normalized spacial score (nSPS) is 10.8. The van der Waals surface area contributed by atoms with Crippen LogP contribution in [-0.2, 0) is 17.8 Å². The molecule has 7 heteroatoms. The van der Waals surface area contributed by atoms with Gasteiger partial charge >= 0.3 is 0 Å². The van der Waals surface area contributed by atoms with Gasteiger partial charge in [0.1, 0.15) is 0 Å². The van der Waals surface area contributed by atoms with Gasteiger partial charge in [0.25, 0.3) is 0 Å². The number of nitrogens with zero attached hydrogens (tertiary/aromatic N) is 2. The van der Waals surface area contributed by atoms with Gasteiger partial charge < -0.3 is 14.8 Å². The van der Waals surface area contributed by atoms with E-state index in [1.807, 2.05) is 40.4 Å². The SMILES string of the molecule is COc1ccc(CCC(=O)NCc2cn3ccsc3n2)cc1OC. The van der Waals surface area contributed by atoms with Crippen LogP contribution in [0.25, 0.3) is 4.96 Å². The summed E-state index contributed by atoms with van der Waals surface area (Å²) in [6.07, 6.45) is 4.94. The molecule has 2 aromatic heterocycles. The van der Waals surface area contributed by atoms with Crippen LogP contribution >= 0.6 is 11.3 Å². The molecule has 0 aliphatic rings. The molecular formula is C17H19N3O3S. The average Bonchev–Trinajstić information content (AvgIpc) is 3.19. The van der Waals surface area contributed by atoms with Crippen molar-refractivity contribution in [1.82, 2.24) is 14.7 Å². The Bertz CT molecular complexity index is 812. The van der Waals surface area contributed by atoms with E-state index in [0.29, 0.717) is 30.9 Å². The first-order valence-electron chi connectivity index (χ1n) is 7.58. The van der Waals surface area contributed by atoms with Gasteiger partial charge in [0.2, 0.25) is 5.91 Å². The van der Waals surface area contributed by atoms with Gasteiger partial charge in [0.05, 0.1) is 26.5 Å². The van der Waals surface area contributed by atoms with Crippen LogP contribution in [0.4, 0.5) is 0 Å². The van der Waals surface area contributed by atoms with Crippen molar-refractivity contribution in [2.24, 2.45) is 0 Å². The number of aryl methyl sites for hydroxylation is 1. The number of nitrogens with one attached hydrogen (secondary N) is 1. The maximum Gasteiger partial charge on any atom is 0.220 e. The number of rotatable bonds is 7. The maximum atomic E-state index is 12.0. The number of amides is 1. The highest BCUT2D eigenvalue weighted by Gasteiger charge is 2.08. The number of thiazole rings is 1. The summed E-state index contributed by atoms with van der Waals surface area (Å²) < 4.78 is 12.4. The first-order valence-corrected chi connectivity index (χ1v) is 8.46. The van der Waals surface area contributed by atoms with E-state index in [2.05, 4.69) is 10.3 Å². The molecule has 2 heterocycles. The Morgan fingerprint density at radius 3 is 2.88 bits per heavy atom. The van der Waals surface area contributed by atoms with Crippen LogP contribution in [0.5, 0.6) is 11.5 Å². The van der Waals surface area contributed by atoms with E-state index in [1.54, 1.807) is 25.6 Å². The highest BCUT2D eigenvalue weighted by Crippen LogP contribution is 2.27. The third kappa shape index (κ3) is 3.68. The molecule has 1 N–H and O–H groups in total. The van der Waals surface area contributed by atoms with E-state index in [9.17, 15) is 4.79 Å². The lowest BCUT2D eigenvalue weighted by molar-refractivity contribution is -0.121. The van der Waals surface area contributed by atoms with E-state index < -0.39 is 0 Å². The summed E-state index contributed by atoms with van der Waals surface area (Å²) >= 11 is 1.57. The molecule has 0 unspecified atom stereocenters. The van der Waals surface area contributed by atoms with Crippen LogP contribution in [-0.4, -0.2) is 29.5 Å². The molecule has 3 rings (SSSR count). The maximum absolute atomic E-state index is 12.0. The fourth-order valence-electron chi connectivity index (χ4n) is 2.43. The van der Waals surface area contributed by atoms with Crippen molar-refractivity contribution in [2.75, 3.05) is 14.2 Å². The number of carbonyl (C=O) groups is 1. The van der Waals surface area contributed by atoms with Gasteiger partial charge in [-0.1, -0.05) is 6.07 Å². The zero-order valence-corrected chi connectivity index (χ0v) is 14.4. The minimum Gasteiger partial charge on any atom is -0.493 e. The lowest BCUT2D eigenvalue weighted by Crippen LogP contribution is -2.23. The van der Waals surface area contributed by atoms with Crippen LogP contribution in [0.15, 0.2) is 36.0 Å². The molecule has 3 aromatic rings. The monoisotopic (exact) mass is 345 g/mol. The summed E-state index contributed by atoms with van der Waals surface area (Å²) in [6.45, 7) is 0.444. The van der Waals surface area contributed by atoms with Gasteiger partial charge in [-0.2, -0.15) is 0 Å². The number of hydrogen-bond donors (Lipinski definition) is 1. The minimum absolute atomic E-state index is 0.00106.